The molecule has 3 aromatic rings. The van der Waals surface area contributed by atoms with E-state index in [-0.39, 0.29) is 18.0 Å². The Morgan fingerprint density at radius 2 is 1.72 bits per heavy atom. The molecule has 5 heteroatoms. The largest absolute Gasteiger partial charge is 0.504 e. The Morgan fingerprint density at radius 1 is 1.00 bits per heavy atom. The van der Waals surface area contributed by atoms with E-state index in [2.05, 4.69) is 0 Å². The molecular formula is C24H21ClO4. The molecular weight excluding hydrogens is 388 g/mol. The van der Waals surface area contributed by atoms with Gasteiger partial charge in [-0.1, -0.05) is 60.1 Å². The zero-order chi connectivity index (χ0) is 20.6. The predicted molar refractivity (Wildman–Crippen MR) is 115 cm³/mol. The lowest BCUT2D eigenvalue weighted by Crippen LogP contribution is -2.05. The summed E-state index contributed by atoms with van der Waals surface area (Å²) in [5.74, 6) is 0.977. The van der Waals surface area contributed by atoms with Crippen LogP contribution in [0.5, 0.6) is 17.2 Å². The highest BCUT2D eigenvalue weighted by atomic mass is 35.5. The van der Waals surface area contributed by atoms with E-state index in [4.69, 9.17) is 21.1 Å². The van der Waals surface area contributed by atoms with Crippen LogP contribution in [0.15, 0.2) is 72.8 Å². The summed E-state index contributed by atoms with van der Waals surface area (Å²) in [5, 5.41) is 10.4. The molecule has 0 aliphatic heterocycles. The van der Waals surface area contributed by atoms with Gasteiger partial charge in [0, 0.05) is 6.42 Å². The van der Waals surface area contributed by atoms with Crippen molar-refractivity contribution in [3.8, 4) is 17.2 Å². The first-order chi connectivity index (χ1) is 14.1. The van der Waals surface area contributed by atoms with Crippen molar-refractivity contribution in [3.05, 3.63) is 94.5 Å². The van der Waals surface area contributed by atoms with Crippen LogP contribution in [0.3, 0.4) is 0 Å². The highest BCUT2D eigenvalue weighted by Gasteiger charge is 2.08. The number of aromatic hydroxyl groups is 1. The summed E-state index contributed by atoms with van der Waals surface area (Å²) < 4.78 is 10.8. The Labute approximate surface area is 175 Å². The number of carbonyl (C=O) groups is 1. The van der Waals surface area contributed by atoms with E-state index in [1.165, 1.54) is 13.2 Å². The van der Waals surface area contributed by atoms with E-state index >= 15 is 0 Å². The van der Waals surface area contributed by atoms with Crippen molar-refractivity contribution >= 4 is 23.5 Å². The van der Waals surface area contributed by atoms with Crippen LogP contribution in [0.2, 0.25) is 5.02 Å². The molecule has 0 fully saturated rings. The van der Waals surface area contributed by atoms with Gasteiger partial charge in [0.2, 0.25) is 0 Å². The number of ketones is 1. The van der Waals surface area contributed by atoms with Crippen molar-refractivity contribution in [2.75, 3.05) is 7.11 Å². The van der Waals surface area contributed by atoms with Crippen LogP contribution in [0.4, 0.5) is 0 Å². The smallest absolute Gasteiger partial charge is 0.160 e. The summed E-state index contributed by atoms with van der Waals surface area (Å²) in [6, 6.07) is 19.9. The normalized spacial score (nSPS) is 10.8. The van der Waals surface area contributed by atoms with E-state index in [1.54, 1.807) is 30.3 Å². The second-order valence-corrected chi connectivity index (χ2v) is 6.80. The van der Waals surface area contributed by atoms with Crippen molar-refractivity contribution < 1.29 is 19.4 Å². The van der Waals surface area contributed by atoms with Crippen LogP contribution in [-0.2, 0) is 17.8 Å². The molecule has 3 aromatic carbocycles. The minimum Gasteiger partial charge on any atom is -0.504 e. The predicted octanol–water partition coefficient (Wildman–Crippen LogP) is 5.46. The first kappa shape index (κ1) is 20.5. The highest BCUT2D eigenvalue weighted by molar-refractivity contribution is 6.32. The number of ether oxygens (including phenoxy) is 2. The first-order valence-electron chi connectivity index (χ1n) is 9.09. The average molecular weight is 409 g/mol. The van der Waals surface area contributed by atoms with Crippen LogP contribution in [0.1, 0.15) is 16.7 Å². The van der Waals surface area contributed by atoms with E-state index < -0.39 is 0 Å². The van der Waals surface area contributed by atoms with Crippen molar-refractivity contribution in [2.45, 2.75) is 13.0 Å². The number of rotatable bonds is 8. The minimum absolute atomic E-state index is 0.0316. The number of phenolic OH excluding ortho intramolecular Hbond substituents is 1. The third kappa shape index (κ3) is 5.62. The molecule has 0 radical (unpaired) electrons. The molecule has 0 atom stereocenters. The lowest BCUT2D eigenvalue weighted by Gasteiger charge is -2.11. The molecule has 0 amide bonds. The number of halogens is 1. The van der Waals surface area contributed by atoms with Crippen LogP contribution in [-0.4, -0.2) is 18.0 Å². The SMILES string of the molecule is COc1ccc(/C=C/C(=O)Cc2ccccc2COc2ccccc2Cl)cc1O. The van der Waals surface area contributed by atoms with Crippen LogP contribution >= 0.6 is 11.6 Å². The summed E-state index contributed by atoms with van der Waals surface area (Å²) in [7, 11) is 1.49. The molecule has 0 aromatic heterocycles. The second-order valence-electron chi connectivity index (χ2n) is 6.40. The molecule has 148 valence electrons. The maximum Gasteiger partial charge on any atom is 0.160 e. The van der Waals surface area contributed by atoms with Crippen LogP contribution in [0, 0.1) is 0 Å². The maximum atomic E-state index is 12.4. The van der Waals surface area contributed by atoms with E-state index in [0.717, 1.165) is 11.1 Å². The minimum atomic E-state index is -0.0505. The first-order valence-corrected chi connectivity index (χ1v) is 9.46. The molecule has 3 rings (SSSR count). The summed E-state index contributed by atoms with van der Waals surface area (Å²) in [6.45, 7) is 0.323. The third-order valence-corrected chi connectivity index (χ3v) is 4.68. The maximum absolute atomic E-state index is 12.4. The van der Waals surface area contributed by atoms with E-state index in [9.17, 15) is 9.90 Å². The van der Waals surface area contributed by atoms with Crippen LogP contribution in [0.25, 0.3) is 6.08 Å². The van der Waals surface area contributed by atoms with E-state index in [0.29, 0.717) is 28.7 Å². The van der Waals surface area contributed by atoms with Gasteiger partial charge in [-0.15, -0.1) is 0 Å². The zero-order valence-electron chi connectivity index (χ0n) is 16.0. The van der Waals surface area contributed by atoms with Gasteiger partial charge in [0.25, 0.3) is 0 Å². The monoisotopic (exact) mass is 408 g/mol. The van der Waals surface area contributed by atoms with Gasteiger partial charge in [-0.2, -0.15) is 0 Å². The molecule has 0 aliphatic rings. The van der Waals surface area contributed by atoms with E-state index in [1.807, 2.05) is 42.5 Å². The Kier molecular flexibility index (Phi) is 6.93. The number of methoxy groups -OCH3 is 1. The molecule has 0 bridgehead atoms. The molecule has 0 saturated carbocycles. The van der Waals surface area contributed by atoms with Crippen molar-refractivity contribution in [1.82, 2.24) is 0 Å². The van der Waals surface area contributed by atoms with Crippen molar-refractivity contribution in [3.63, 3.8) is 0 Å². The van der Waals surface area contributed by atoms with Gasteiger partial charge in [0.15, 0.2) is 17.3 Å². The number of carbonyl (C=O) groups excluding carboxylic acids is 1. The molecule has 4 nitrogen and oxygen atoms in total. The molecule has 0 unspecified atom stereocenters. The topological polar surface area (TPSA) is 55.8 Å². The molecule has 0 spiro atoms. The van der Waals surface area contributed by atoms with Gasteiger partial charge in [0.1, 0.15) is 12.4 Å². The van der Waals surface area contributed by atoms with Crippen molar-refractivity contribution in [1.29, 1.82) is 0 Å². The number of benzene rings is 3. The second kappa shape index (κ2) is 9.80. The number of hydrogen-bond acceptors (Lipinski definition) is 4. The summed E-state index contributed by atoms with van der Waals surface area (Å²) in [5.41, 5.74) is 2.54. The fourth-order valence-electron chi connectivity index (χ4n) is 2.83. The lowest BCUT2D eigenvalue weighted by atomic mass is 10.0. The summed E-state index contributed by atoms with van der Waals surface area (Å²) >= 11 is 6.13. The van der Waals surface area contributed by atoms with Gasteiger partial charge in [-0.3, -0.25) is 4.79 Å². The number of hydrogen-bond donors (Lipinski definition) is 1. The van der Waals surface area contributed by atoms with Crippen LogP contribution < -0.4 is 9.47 Å². The van der Waals surface area contributed by atoms with Gasteiger partial charge < -0.3 is 14.6 Å². The molecule has 1 N–H and O–H groups in total. The Bertz CT molecular complexity index is 1030. The Hall–Kier alpha value is -3.24. The highest BCUT2D eigenvalue weighted by Crippen LogP contribution is 2.27. The van der Waals surface area contributed by atoms with Gasteiger partial charge in [0.05, 0.1) is 12.1 Å². The Morgan fingerprint density at radius 3 is 2.45 bits per heavy atom. The van der Waals surface area contributed by atoms with Gasteiger partial charge in [-0.05, 0) is 47.0 Å². The average Bonchev–Trinajstić information content (AvgIpc) is 2.73. The van der Waals surface area contributed by atoms with Crippen molar-refractivity contribution in [2.24, 2.45) is 0 Å². The number of allylic oxidation sites excluding steroid dienone is 1. The Balaban J connectivity index is 1.66. The molecule has 0 aliphatic carbocycles. The number of para-hydroxylation sites is 1. The van der Waals surface area contributed by atoms with Gasteiger partial charge >= 0.3 is 0 Å². The fraction of sp³-hybridized carbons (Fsp3) is 0.125. The summed E-state index contributed by atoms with van der Waals surface area (Å²) in [4.78, 5) is 12.4. The summed E-state index contributed by atoms with van der Waals surface area (Å²) in [6.07, 6.45) is 3.43. The molecule has 0 saturated heterocycles. The molecule has 0 heterocycles. The fourth-order valence-corrected chi connectivity index (χ4v) is 3.02. The lowest BCUT2D eigenvalue weighted by molar-refractivity contribution is -0.113. The zero-order valence-corrected chi connectivity index (χ0v) is 16.7. The van der Waals surface area contributed by atoms with Gasteiger partial charge in [-0.25, -0.2) is 0 Å². The standard InChI is InChI=1S/C24H21ClO4/c1-28-24-13-11-17(14-22(24)27)10-12-20(26)15-18-6-2-3-7-19(18)16-29-23-9-5-4-8-21(23)25/h2-14,27H,15-16H2,1H3/b12-10+. The quantitative estimate of drug-likeness (QED) is 0.503. The third-order valence-electron chi connectivity index (χ3n) is 4.37. The molecule has 29 heavy (non-hydrogen) atoms. The number of phenols is 1.